The molecule has 2 saturated carbocycles. The molecule has 3 atom stereocenters. The maximum atomic E-state index is 6.21. The number of nitrogens with zero attached hydrogens (tertiary/aromatic N) is 1. The minimum absolute atomic E-state index is 0.398. The molecule has 0 radical (unpaired) electrons. The molecular weight excluding hydrogens is 330 g/mol. The van der Waals surface area contributed by atoms with Crippen molar-refractivity contribution in [3.05, 3.63) is 59.7 Å². The summed E-state index contributed by atoms with van der Waals surface area (Å²) in [6, 6.07) is 18.9. The fraction of sp³-hybridized carbons (Fsp3) is 0.520. The highest BCUT2D eigenvalue weighted by atomic mass is 16.5. The van der Waals surface area contributed by atoms with Gasteiger partial charge in [-0.1, -0.05) is 49.6 Å². The third-order valence-electron chi connectivity index (χ3n) is 7.28. The summed E-state index contributed by atoms with van der Waals surface area (Å²) < 4.78 is 6.21. The van der Waals surface area contributed by atoms with E-state index < -0.39 is 0 Å². The van der Waals surface area contributed by atoms with Crippen molar-refractivity contribution in [3.63, 3.8) is 0 Å². The van der Waals surface area contributed by atoms with E-state index in [1.54, 1.807) is 0 Å². The molecule has 2 aliphatic carbocycles. The number of hydrogen-bond donors (Lipinski definition) is 0. The summed E-state index contributed by atoms with van der Waals surface area (Å²) in [6.45, 7) is 0. The van der Waals surface area contributed by atoms with E-state index in [9.17, 15) is 0 Å². The van der Waals surface area contributed by atoms with Gasteiger partial charge in [-0.25, -0.2) is 0 Å². The van der Waals surface area contributed by atoms with Crippen LogP contribution in [-0.2, 0) is 0 Å². The van der Waals surface area contributed by atoms with Crippen LogP contribution in [-0.4, -0.2) is 19.2 Å². The van der Waals surface area contributed by atoms with Crippen LogP contribution in [0.15, 0.2) is 48.5 Å². The Morgan fingerprint density at radius 2 is 1.63 bits per heavy atom. The molecule has 5 rings (SSSR count). The average Bonchev–Trinajstić information content (AvgIpc) is 3.12. The van der Waals surface area contributed by atoms with E-state index in [0.29, 0.717) is 17.9 Å². The zero-order chi connectivity index (χ0) is 18.2. The molecule has 2 fully saturated rings. The van der Waals surface area contributed by atoms with Gasteiger partial charge in [0.15, 0.2) is 0 Å². The number of ether oxygens (including phenoxy) is 1. The minimum atomic E-state index is 0.398. The molecule has 0 N–H and O–H groups in total. The highest BCUT2D eigenvalue weighted by Gasteiger charge is 2.39. The molecule has 3 unspecified atom stereocenters. The maximum Gasteiger partial charge on any atom is 0.123 e. The van der Waals surface area contributed by atoms with E-state index in [2.05, 4.69) is 60.5 Å². The van der Waals surface area contributed by atoms with Gasteiger partial charge in [0.1, 0.15) is 11.9 Å². The van der Waals surface area contributed by atoms with Gasteiger partial charge < -0.3 is 9.64 Å². The maximum absolute atomic E-state index is 6.21. The van der Waals surface area contributed by atoms with Crippen LogP contribution in [0, 0.1) is 0 Å². The fourth-order valence-electron chi connectivity index (χ4n) is 5.63. The number of benzene rings is 2. The predicted octanol–water partition coefficient (Wildman–Crippen LogP) is 6.27. The molecule has 2 aromatic rings. The van der Waals surface area contributed by atoms with Crippen molar-refractivity contribution in [2.75, 3.05) is 11.9 Å². The van der Waals surface area contributed by atoms with Gasteiger partial charge in [0, 0.05) is 30.3 Å². The molecule has 2 heteroatoms. The van der Waals surface area contributed by atoms with Crippen molar-refractivity contribution < 1.29 is 4.74 Å². The standard InChI is InChI=1S/C25H31NO/c1-26(20-7-3-2-4-8-20)21-14-11-18(12-15-21)19-13-16-25-23(17-19)22-9-5-6-10-24(22)27-25/h5-6,9-12,14-15,19-20,23,25H,2-4,7-8,13,16-17H2,1H3. The minimum Gasteiger partial charge on any atom is -0.489 e. The summed E-state index contributed by atoms with van der Waals surface area (Å²) in [7, 11) is 2.28. The van der Waals surface area contributed by atoms with Crippen LogP contribution in [0.5, 0.6) is 5.75 Å². The third-order valence-corrected chi connectivity index (χ3v) is 7.28. The first-order valence-electron chi connectivity index (χ1n) is 10.9. The molecule has 1 aliphatic heterocycles. The molecule has 0 aromatic heterocycles. The Labute approximate surface area is 163 Å². The van der Waals surface area contributed by atoms with E-state index in [-0.39, 0.29) is 0 Å². The first kappa shape index (κ1) is 17.2. The Balaban J connectivity index is 1.29. The van der Waals surface area contributed by atoms with E-state index in [1.807, 2.05) is 0 Å². The van der Waals surface area contributed by atoms with Gasteiger partial charge >= 0.3 is 0 Å². The van der Waals surface area contributed by atoms with Crippen molar-refractivity contribution in [1.82, 2.24) is 0 Å². The lowest BCUT2D eigenvalue weighted by atomic mass is 9.74. The SMILES string of the molecule is CN(c1ccc(C2CCC3Oc4ccccc4C3C2)cc1)C1CCCCC1. The van der Waals surface area contributed by atoms with Gasteiger partial charge in [-0.2, -0.15) is 0 Å². The van der Waals surface area contributed by atoms with Crippen LogP contribution in [0.3, 0.4) is 0 Å². The Kier molecular flexibility index (Phi) is 4.59. The second-order valence-corrected chi connectivity index (χ2v) is 8.80. The third kappa shape index (κ3) is 3.24. The smallest absolute Gasteiger partial charge is 0.123 e. The second-order valence-electron chi connectivity index (χ2n) is 8.80. The molecule has 3 aliphatic rings. The van der Waals surface area contributed by atoms with Crippen LogP contribution in [0.1, 0.15) is 74.3 Å². The summed E-state index contributed by atoms with van der Waals surface area (Å²) in [4.78, 5) is 2.51. The zero-order valence-electron chi connectivity index (χ0n) is 16.4. The highest BCUT2D eigenvalue weighted by Crippen LogP contribution is 2.49. The molecule has 0 bridgehead atoms. The lowest BCUT2D eigenvalue weighted by molar-refractivity contribution is 0.154. The van der Waals surface area contributed by atoms with E-state index in [4.69, 9.17) is 4.74 Å². The summed E-state index contributed by atoms with van der Waals surface area (Å²) in [6.07, 6.45) is 10.9. The predicted molar refractivity (Wildman–Crippen MR) is 112 cm³/mol. The van der Waals surface area contributed by atoms with Gasteiger partial charge in [-0.3, -0.25) is 0 Å². The zero-order valence-corrected chi connectivity index (χ0v) is 16.4. The molecule has 2 nitrogen and oxygen atoms in total. The van der Waals surface area contributed by atoms with Crippen LogP contribution in [0.25, 0.3) is 0 Å². The Morgan fingerprint density at radius 3 is 2.44 bits per heavy atom. The quantitative estimate of drug-likeness (QED) is 0.639. The van der Waals surface area contributed by atoms with E-state index in [1.165, 1.54) is 68.2 Å². The molecule has 0 spiro atoms. The van der Waals surface area contributed by atoms with Crippen LogP contribution >= 0.6 is 0 Å². The van der Waals surface area contributed by atoms with Crippen molar-refractivity contribution in [1.29, 1.82) is 0 Å². The fourth-order valence-corrected chi connectivity index (χ4v) is 5.63. The second kappa shape index (κ2) is 7.22. The lowest BCUT2D eigenvalue weighted by Gasteiger charge is -2.34. The molecular formula is C25H31NO. The first-order valence-corrected chi connectivity index (χ1v) is 10.9. The average molecular weight is 362 g/mol. The van der Waals surface area contributed by atoms with E-state index >= 15 is 0 Å². The van der Waals surface area contributed by atoms with Gasteiger partial charge in [0.25, 0.3) is 0 Å². The Hall–Kier alpha value is -1.96. The number of para-hydroxylation sites is 1. The summed E-state index contributed by atoms with van der Waals surface area (Å²) in [5.74, 6) is 2.36. The largest absolute Gasteiger partial charge is 0.489 e. The highest BCUT2D eigenvalue weighted by molar-refractivity contribution is 5.49. The van der Waals surface area contributed by atoms with Crippen LogP contribution in [0.4, 0.5) is 5.69 Å². The van der Waals surface area contributed by atoms with Crippen LogP contribution in [0.2, 0.25) is 0 Å². The monoisotopic (exact) mass is 361 g/mol. The Bertz CT molecular complexity index is 777. The molecule has 0 saturated heterocycles. The van der Waals surface area contributed by atoms with Gasteiger partial charge in [0.2, 0.25) is 0 Å². The number of hydrogen-bond acceptors (Lipinski definition) is 2. The Morgan fingerprint density at radius 1 is 0.852 bits per heavy atom. The number of rotatable bonds is 3. The summed E-state index contributed by atoms with van der Waals surface area (Å²) in [5.41, 5.74) is 4.33. The summed E-state index contributed by atoms with van der Waals surface area (Å²) in [5, 5.41) is 0. The molecule has 1 heterocycles. The van der Waals surface area contributed by atoms with Crippen LogP contribution < -0.4 is 9.64 Å². The normalized spacial score (nSPS) is 27.5. The number of fused-ring (bicyclic) bond motifs is 3. The topological polar surface area (TPSA) is 12.5 Å². The van der Waals surface area contributed by atoms with Crippen molar-refractivity contribution in [2.45, 2.75) is 75.3 Å². The van der Waals surface area contributed by atoms with Crippen molar-refractivity contribution in [3.8, 4) is 5.75 Å². The molecule has 27 heavy (non-hydrogen) atoms. The summed E-state index contributed by atoms with van der Waals surface area (Å²) >= 11 is 0. The molecule has 0 amide bonds. The number of anilines is 1. The van der Waals surface area contributed by atoms with Crippen molar-refractivity contribution >= 4 is 5.69 Å². The van der Waals surface area contributed by atoms with Gasteiger partial charge in [-0.15, -0.1) is 0 Å². The van der Waals surface area contributed by atoms with Gasteiger partial charge in [0.05, 0.1) is 0 Å². The van der Waals surface area contributed by atoms with Crippen molar-refractivity contribution in [2.24, 2.45) is 0 Å². The first-order chi connectivity index (χ1) is 13.3. The molecule has 2 aromatic carbocycles. The molecule has 142 valence electrons. The lowest BCUT2D eigenvalue weighted by Crippen LogP contribution is -2.33. The van der Waals surface area contributed by atoms with E-state index in [0.717, 1.165) is 11.8 Å². The van der Waals surface area contributed by atoms with Gasteiger partial charge in [-0.05, 0) is 61.8 Å².